The SMILES string of the molecule is CO[C@](C)(CCO)c1ccccc1. The Kier molecular flexibility index (Phi) is 3.46. The topological polar surface area (TPSA) is 29.5 Å². The van der Waals surface area contributed by atoms with Crippen molar-refractivity contribution in [2.24, 2.45) is 0 Å². The average Bonchev–Trinajstić information content (AvgIpc) is 2.19. The molecule has 0 bridgehead atoms. The van der Waals surface area contributed by atoms with Crippen LogP contribution in [0.3, 0.4) is 0 Å². The van der Waals surface area contributed by atoms with E-state index in [1.807, 2.05) is 37.3 Å². The van der Waals surface area contributed by atoms with Gasteiger partial charge in [-0.3, -0.25) is 0 Å². The molecule has 0 aliphatic rings. The number of rotatable bonds is 4. The lowest BCUT2D eigenvalue weighted by Gasteiger charge is -2.27. The Morgan fingerprint density at radius 3 is 2.38 bits per heavy atom. The van der Waals surface area contributed by atoms with Gasteiger partial charge in [0.25, 0.3) is 0 Å². The van der Waals surface area contributed by atoms with Crippen molar-refractivity contribution in [2.75, 3.05) is 13.7 Å². The van der Waals surface area contributed by atoms with Crippen molar-refractivity contribution < 1.29 is 9.84 Å². The highest BCUT2D eigenvalue weighted by atomic mass is 16.5. The largest absolute Gasteiger partial charge is 0.396 e. The summed E-state index contributed by atoms with van der Waals surface area (Å²) in [4.78, 5) is 0. The molecule has 72 valence electrons. The van der Waals surface area contributed by atoms with Crippen LogP contribution in [0.2, 0.25) is 0 Å². The van der Waals surface area contributed by atoms with E-state index in [4.69, 9.17) is 9.84 Å². The number of hydrogen-bond acceptors (Lipinski definition) is 2. The van der Waals surface area contributed by atoms with E-state index in [1.165, 1.54) is 0 Å². The van der Waals surface area contributed by atoms with Gasteiger partial charge in [-0.15, -0.1) is 0 Å². The van der Waals surface area contributed by atoms with Crippen LogP contribution in [-0.2, 0) is 10.3 Å². The van der Waals surface area contributed by atoms with Crippen LogP contribution in [0, 0.1) is 0 Å². The number of benzene rings is 1. The van der Waals surface area contributed by atoms with Gasteiger partial charge in [0, 0.05) is 20.1 Å². The lowest BCUT2D eigenvalue weighted by Crippen LogP contribution is -2.25. The monoisotopic (exact) mass is 180 g/mol. The smallest absolute Gasteiger partial charge is 0.0921 e. The van der Waals surface area contributed by atoms with Crippen molar-refractivity contribution in [1.82, 2.24) is 0 Å². The fraction of sp³-hybridized carbons (Fsp3) is 0.455. The van der Waals surface area contributed by atoms with Crippen LogP contribution in [0.1, 0.15) is 18.9 Å². The van der Waals surface area contributed by atoms with Gasteiger partial charge in [0.2, 0.25) is 0 Å². The molecular formula is C11H16O2. The predicted octanol–water partition coefficient (Wildman–Crippen LogP) is 1.93. The molecule has 0 aromatic heterocycles. The summed E-state index contributed by atoms with van der Waals surface area (Å²) in [6.07, 6.45) is 0.619. The minimum absolute atomic E-state index is 0.138. The summed E-state index contributed by atoms with van der Waals surface area (Å²) in [6.45, 7) is 2.12. The van der Waals surface area contributed by atoms with Crippen molar-refractivity contribution >= 4 is 0 Å². The van der Waals surface area contributed by atoms with E-state index in [2.05, 4.69) is 0 Å². The molecule has 0 fully saturated rings. The number of ether oxygens (including phenoxy) is 1. The highest BCUT2D eigenvalue weighted by molar-refractivity contribution is 5.21. The first-order valence-corrected chi connectivity index (χ1v) is 4.44. The van der Waals surface area contributed by atoms with Gasteiger partial charge in [-0.25, -0.2) is 0 Å². The normalized spacial score (nSPS) is 15.3. The third kappa shape index (κ3) is 2.29. The molecule has 2 nitrogen and oxygen atoms in total. The molecule has 0 radical (unpaired) electrons. The fourth-order valence-electron chi connectivity index (χ4n) is 1.37. The van der Waals surface area contributed by atoms with Crippen LogP contribution >= 0.6 is 0 Å². The van der Waals surface area contributed by atoms with Crippen LogP contribution in [-0.4, -0.2) is 18.8 Å². The summed E-state index contributed by atoms with van der Waals surface area (Å²) in [6, 6.07) is 9.95. The van der Waals surface area contributed by atoms with Crippen LogP contribution in [0.4, 0.5) is 0 Å². The first-order chi connectivity index (χ1) is 6.23. The zero-order valence-corrected chi connectivity index (χ0v) is 8.16. The molecule has 1 aromatic rings. The molecule has 0 aliphatic carbocycles. The van der Waals surface area contributed by atoms with Gasteiger partial charge in [-0.1, -0.05) is 30.3 Å². The molecule has 0 heterocycles. The summed E-state index contributed by atoms with van der Waals surface area (Å²) in [5, 5.41) is 8.91. The Labute approximate surface area is 79.2 Å². The van der Waals surface area contributed by atoms with E-state index in [0.717, 1.165) is 5.56 Å². The molecule has 13 heavy (non-hydrogen) atoms. The van der Waals surface area contributed by atoms with Crippen molar-refractivity contribution in [3.05, 3.63) is 35.9 Å². The Balaban J connectivity index is 2.89. The second-order valence-electron chi connectivity index (χ2n) is 3.27. The van der Waals surface area contributed by atoms with E-state index in [0.29, 0.717) is 6.42 Å². The first-order valence-electron chi connectivity index (χ1n) is 4.44. The van der Waals surface area contributed by atoms with Gasteiger partial charge in [0.05, 0.1) is 5.60 Å². The van der Waals surface area contributed by atoms with Crippen molar-refractivity contribution in [3.8, 4) is 0 Å². The van der Waals surface area contributed by atoms with Gasteiger partial charge < -0.3 is 9.84 Å². The van der Waals surface area contributed by atoms with E-state index in [1.54, 1.807) is 7.11 Å². The van der Waals surface area contributed by atoms with Crippen molar-refractivity contribution in [1.29, 1.82) is 0 Å². The second kappa shape index (κ2) is 4.40. The Morgan fingerprint density at radius 2 is 1.92 bits per heavy atom. The maximum Gasteiger partial charge on any atom is 0.0921 e. The van der Waals surface area contributed by atoms with E-state index in [-0.39, 0.29) is 12.2 Å². The van der Waals surface area contributed by atoms with Crippen molar-refractivity contribution in [3.63, 3.8) is 0 Å². The van der Waals surface area contributed by atoms with Gasteiger partial charge >= 0.3 is 0 Å². The Hall–Kier alpha value is -0.860. The Bertz CT molecular complexity index is 246. The second-order valence-corrected chi connectivity index (χ2v) is 3.27. The molecule has 1 atom stereocenters. The van der Waals surface area contributed by atoms with Crippen LogP contribution in [0.25, 0.3) is 0 Å². The van der Waals surface area contributed by atoms with E-state index in [9.17, 15) is 0 Å². The lowest BCUT2D eigenvalue weighted by atomic mass is 9.93. The van der Waals surface area contributed by atoms with Gasteiger partial charge in [-0.05, 0) is 12.5 Å². The fourth-order valence-corrected chi connectivity index (χ4v) is 1.37. The van der Waals surface area contributed by atoms with E-state index < -0.39 is 0 Å². The molecule has 0 aliphatic heterocycles. The van der Waals surface area contributed by atoms with Crippen LogP contribution < -0.4 is 0 Å². The molecule has 1 rings (SSSR count). The number of aliphatic hydroxyl groups is 1. The maximum atomic E-state index is 8.91. The third-order valence-corrected chi connectivity index (χ3v) is 2.42. The standard InChI is InChI=1S/C11H16O2/c1-11(13-2,8-9-12)10-6-4-3-5-7-10/h3-7,12H,8-9H2,1-2H3/t11-/m1/s1. The average molecular weight is 180 g/mol. The molecule has 2 heteroatoms. The number of methoxy groups -OCH3 is 1. The molecule has 0 amide bonds. The highest BCUT2D eigenvalue weighted by Crippen LogP contribution is 2.27. The molecule has 1 aromatic carbocycles. The molecule has 0 spiro atoms. The summed E-state index contributed by atoms with van der Waals surface area (Å²) >= 11 is 0. The summed E-state index contributed by atoms with van der Waals surface area (Å²) in [7, 11) is 1.67. The highest BCUT2D eigenvalue weighted by Gasteiger charge is 2.24. The summed E-state index contributed by atoms with van der Waals surface area (Å²) in [5.41, 5.74) is 0.738. The number of hydrogen-bond donors (Lipinski definition) is 1. The quantitative estimate of drug-likeness (QED) is 0.767. The molecule has 0 unspecified atom stereocenters. The molecule has 1 N–H and O–H groups in total. The van der Waals surface area contributed by atoms with Crippen molar-refractivity contribution in [2.45, 2.75) is 18.9 Å². The van der Waals surface area contributed by atoms with Gasteiger partial charge in [0.1, 0.15) is 0 Å². The minimum Gasteiger partial charge on any atom is -0.396 e. The minimum atomic E-state index is -0.365. The Morgan fingerprint density at radius 1 is 1.31 bits per heavy atom. The van der Waals surface area contributed by atoms with E-state index >= 15 is 0 Å². The van der Waals surface area contributed by atoms with Crippen LogP contribution in [0.15, 0.2) is 30.3 Å². The zero-order valence-electron chi connectivity index (χ0n) is 8.16. The first kappa shape index (κ1) is 10.2. The lowest BCUT2D eigenvalue weighted by molar-refractivity contribution is -0.0173. The summed E-state index contributed by atoms with van der Waals surface area (Å²) < 4.78 is 5.40. The maximum absolute atomic E-state index is 8.91. The molecule has 0 saturated carbocycles. The summed E-state index contributed by atoms with van der Waals surface area (Å²) in [5.74, 6) is 0. The van der Waals surface area contributed by atoms with Gasteiger partial charge in [0.15, 0.2) is 0 Å². The van der Waals surface area contributed by atoms with Gasteiger partial charge in [-0.2, -0.15) is 0 Å². The van der Waals surface area contributed by atoms with Crippen LogP contribution in [0.5, 0.6) is 0 Å². The number of aliphatic hydroxyl groups excluding tert-OH is 1. The third-order valence-electron chi connectivity index (χ3n) is 2.42. The zero-order chi connectivity index (χ0) is 9.73. The molecular weight excluding hydrogens is 164 g/mol. The predicted molar refractivity (Wildman–Crippen MR) is 52.5 cm³/mol. The molecule has 0 saturated heterocycles.